The van der Waals surface area contributed by atoms with Crippen molar-refractivity contribution < 1.29 is 4.74 Å². The first-order chi connectivity index (χ1) is 10.1. The van der Waals surface area contributed by atoms with Crippen LogP contribution in [0.5, 0.6) is 5.75 Å². The van der Waals surface area contributed by atoms with Gasteiger partial charge >= 0.3 is 0 Å². The molecule has 2 N–H and O–H groups in total. The zero-order valence-electron chi connectivity index (χ0n) is 12.3. The standard InChI is InChI=1S/C15H18N4OS/c1-10-8-11(2)18-14(17-10)19-15(21)16-9-12-4-6-13(20-3)7-5-12/h4-8H,9H2,1-3H3,(H2,16,17,18,19,21). The average molecular weight is 302 g/mol. The second kappa shape index (κ2) is 6.99. The Morgan fingerprint density at radius 3 is 2.33 bits per heavy atom. The third-order valence-corrected chi connectivity index (χ3v) is 3.07. The number of rotatable bonds is 4. The lowest BCUT2D eigenvalue weighted by Gasteiger charge is -2.10. The Labute approximate surface area is 129 Å². The quantitative estimate of drug-likeness (QED) is 0.847. The maximum absolute atomic E-state index is 5.24. The van der Waals surface area contributed by atoms with Crippen molar-refractivity contribution in [2.24, 2.45) is 0 Å². The second-order valence-corrected chi connectivity index (χ2v) is 5.04. The van der Waals surface area contributed by atoms with Crippen molar-refractivity contribution in [3.05, 3.63) is 47.3 Å². The predicted octanol–water partition coefficient (Wildman–Crippen LogP) is 2.59. The molecule has 0 aliphatic heterocycles. The number of hydrogen-bond acceptors (Lipinski definition) is 4. The number of nitrogens with zero attached hydrogens (tertiary/aromatic N) is 2. The smallest absolute Gasteiger partial charge is 0.229 e. The van der Waals surface area contributed by atoms with Crippen LogP contribution in [0, 0.1) is 13.8 Å². The number of thiocarbonyl (C=S) groups is 1. The third-order valence-electron chi connectivity index (χ3n) is 2.82. The van der Waals surface area contributed by atoms with Gasteiger partial charge in [-0.2, -0.15) is 0 Å². The van der Waals surface area contributed by atoms with Gasteiger partial charge in [0, 0.05) is 17.9 Å². The van der Waals surface area contributed by atoms with Gasteiger partial charge in [0.1, 0.15) is 5.75 Å². The fourth-order valence-electron chi connectivity index (χ4n) is 1.85. The van der Waals surface area contributed by atoms with E-state index >= 15 is 0 Å². The van der Waals surface area contributed by atoms with E-state index in [0.717, 1.165) is 22.7 Å². The molecule has 1 aromatic heterocycles. The molecule has 110 valence electrons. The summed E-state index contributed by atoms with van der Waals surface area (Å²) < 4.78 is 5.12. The summed E-state index contributed by atoms with van der Waals surface area (Å²) in [5.74, 6) is 1.35. The molecule has 5 nitrogen and oxygen atoms in total. The Morgan fingerprint density at radius 2 is 1.76 bits per heavy atom. The van der Waals surface area contributed by atoms with Crippen molar-refractivity contribution in [2.75, 3.05) is 12.4 Å². The van der Waals surface area contributed by atoms with E-state index in [4.69, 9.17) is 17.0 Å². The van der Waals surface area contributed by atoms with Gasteiger partial charge in [-0.3, -0.25) is 0 Å². The highest BCUT2D eigenvalue weighted by Crippen LogP contribution is 2.11. The van der Waals surface area contributed by atoms with Gasteiger partial charge in [-0.05, 0) is 49.8 Å². The predicted molar refractivity (Wildman–Crippen MR) is 87.6 cm³/mol. The highest BCUT2D eigenvalue weighted by molar-refractivity contribution is 7.80. The molecule has 0 atom stereocenters. The number of methoxy groups -OCH3 is 1. The molecular weight excluding hydrogens is 284 g/mol. The van der Waals surface area contributed by atoms with Crippen molar-refractivity contribution in [1.29, 1.82) is 0 Å². The molecule has 21 heavy (non-hydrogen) atoms. The van der Waals surface area contributed by atoms with E-state index in [2.05, 4.69) is 20.6 Å². The molecule has 1 aromatic carbocycles. The summed E-state index contributed by atoms with van der Waals surface area (Å²) in [6, 6.07) is 9.73. The van der Waals surface area contributed by atoms with E-state index < -0.39 is 0 Å². The first-order valence-electron chi connectivity index (χ1n) is 6.57. The highest BCUT2D eigenvalue weighted by atomic mass is 32.1. The largest absolute Gasteiger partial charge is 0.497 e. The molecule has 2 aromatic rings. The zero-order chi connectivity index (χ0) is 15.2. The van der Waals surface area contributed by atoms with E-state index in [-0.39, 0.29) is 0 Å². The number of hydrogen-bond donors (Lipinski definition) is 2. The topological polar surface area (TPSA) is 59.1 Å². The highest BCUT2D eigenvalue weighted by Gasteiger charge is 2.02. The van der Waals surface area contributed by atoms with Gasteiger partial charge in [-0.15, -0.1) is 0 Å². The van der Waals surface area contributed by atoms with Crippen LogP contribution >= 0.6 is 12.2 Å². The molecule has 0 saturated heterocycles. The molecule has 2 rings (SSSR count). The van der Waals surface area contributed by atoms with Gasteiger partial charge in [0.15, 0.2) is 5.11 Å². The maximum atomic E-state index is 5.24. The van der Waals surface area contributed by atoms with E-state index in [1.807, 2.05) is 44.2 Å². The van der Waals surface area contributed by atoms with Crippen LogP contribution in [0.2, 0.25) is 0 Å². The van der Waals surface area contributed by atoms with Crippen molar-refractivity contribution >= 4 is 23.3 Å². The first kappa shape index (κ1) is 15.2. The van der Waals surface area contributed by atoms with Gasteiger partial charge in [-0.1, -0.05) is 12.1 Å². The van der Waals surface area contributed by atoms with Crippen LogP contribution in [0.25, 0.3) is 0 Å². The molecule has 6 heteroatoms. The first-order valence-corrected chi connectivity index (χ1v) is 6.97. The number of benzene rings is 1. The lowest BCUT2D eigenvalue weighted by Crippen LogP contribution is -2.28. The molecule has 0 fully saturated rings. The minimum atomic E-state index is 0.496. The summed E-state index contributed by atoms with van der Waals surface area (Å²) in [4.78, 5) is 8.57. The number of nitrogens with one attached hydrogen (secondary N) is 2. The maximum Gasteiger partial charge on any atom is 0.229 e. The Morgan fingerprint density at radius 1 is 1.14 bits per heavy atom. The average Bonchev–Trinajstić information content (AvgIpc) is 2.44. The van der Waals surface area contributed by atoms with Crippen LogP contribution in [0.15, 0.2) is 30.3 Å². The normalized spacial score (nSPS) is 10.0. The van der Waals surface area contributed by atoms with Crippen LogP contribution < -0.4 is 15.4 Å². The Balaban J connectivity index is 1.89. The van der Waals surface area contributed by atoms with E-state index in [0.29, 0.717) is 17.6 Å². The van der Waals surface area contributed by atoms with Crippen LogP contribution in [-0.4, -0.2) is 22.2 Å². The molecule has 0 unspecified atom stereocenters. The minimum Gasteiger partial charge on any atom is -0.497 e. The summed E-state index contributed by atoms with van der Waals surface area (Å²) in [7, 11) is 1.65. The number of anilines is 1. The Bertz CT molecular complexity index is 608. The molecule has 0 aliphatic carbocycles. The van der Waals surface area contributed by atoms with Crippen molar-refractivity contribution in [1.82, 2.24) is 15.3 Å². The summed E-state index contributed by atoms with van der Waals surface area (Å²) >= 11 is 5.24. The molecule has 0 aliphatic rings. The van der Waals surface area contributed by atoms with Crippen molar-refractivity contribution in [3.8, 4) is 5.75 Å². The van der Waals surface area contributed by atoms with Crippen molar-refractivity contribution in [3.63, 3.8) is 0 Å². The second-order valence-electron chi connectivity index (χ2n) is 4.63. The molecule has 0 spiro atoms. The SMILES string of the molecule is COc1ccc(CNC(=S)Nc2nc(C)cc(C)n2)cc1. The summed E-state index contributed by atoms with van der Waals surface area (Å²) in [6.45, 7) is 4.47. The summed E-state index contributed by atoms with van der Waals surface area (Å²) in [5.41, 5.74) is 2.92. The van der Waals surface area contributed by atoms with Crippen LogP contribution in [0.3, 0.4) is 0 Å². The number of aryl methyl sites for hydroxylation is 2. The van der Waals surface area contributed by atoms with Gasteiger partial charge < -0.3 is 15.4 Å². The fraction of sp³-hybridized carbons (Fsp3) is 0.267. The van der Waals surface area contributed by atoms with Crippen LogP contribution in [-0.2, 0) is 6.54 Å². The number of ether oxygens (including phenoxy) is 1. The molecule has 1 heterocycles. The van der Waals surface area contributed by atoms with E-state index in [1.54, 1.807) is 7.11 Å². The molecular formula is C15H18N4OS. The summed E-state index contributed by atoms with van der Waals surface area (Å²) in [5, 5.41) is 6.61. The van der Waals surface area contributed by atoms with Crippen LogP contribution in [0.4, 0.5) is 5.95 Å². The zero-order valence-corrected chi connectivity index (χ0v) is 13.1. The van der Waals surface area contributed by atoms with Gasteiger partial charge in [0.25, 0.3) is 0 Å². The minimum absolute atomic E-state index is 0.496. The van der Waals surface area contributed by atoms with Gasteiger partial charge in [-0.25, -0.2) is 9.97 Å². The van der Waals surface area contributed by atoms with Crippen LogP contribution in [0.1, 0.15) is 17.0 Å². The molecule has 0 amide bonds. The Hall–Kier alpha value is -2.21. The van der Waals surface area contributed by atoms with Gasteiger partial charge in [0.05, 0.1) is 7.11 Å². The molecule has 0 radical (unpaired) electrons. The van der Waals surface area contributed by atoms with Crippen molar-refractivity contribution in [2.45, 2.75) is 20.4 Å². The molecule has 0 saturated carbocycles. The van der Waals surface area contributed by atoms with E-state index in [9.17, 15) is 0 Å². The van der Waals surface area contributed by atoms with Gasteiger partial charge in [0.2, 0.25) is 5.95 Å². The Kier molecular flexibility index (Phi) is 5.05. The summed E-state index contributed by atoms with van der Waals surface area (Å²) in [6.07, 6.45) is 0. The third kappa shape index (κ3) is 4.68. The number of aromatic nitrogens is 2. The lowest BCUT2D eigenvalue weighted by atomic mass is 10.2. The molecule has 0 bridgehead atoms. The monoisotopic (exact) mass is 302 g/mol. The fourth-order valence-corrected chi connectivity index (χ4v) is 2.02. The lowest BCUT2D eigenvalue weighted by molar-refractivity contribution is 0.414. The van der Waals surface area contributed by atoms with E-state index in [1.165, 1.54) is 0 Å².